The second kappa shape index (κ2) is 8.78. The van der Waals surface area contributed by atoms with Crippen LogP contribution in [0.1, 0.15) is 23.8 Å². The number of halogens is 3. The quantitative estimate of drug-likeness (QED) is 0.457. The van der Waals surface area contributed by atoms with Crippen LogP contribution in [0, 0.1) is 0 Å². The minimum absolute atomic E-state index is 0. The molecule has 0 amide bonds. The molecule has 0 aliphatic heterocycles. The molecule has 0 spiro atoms. The minimum atomic E-state index is -1.30. The summed E-state index contributed by atoms with van der Waals surface area (Å²) in [6.45, 7) is 5.67. The van der Waals surface area contributed by atoms with Gasteiger partial charge in [-0.2, -0.15) is 0 Å². The van der Waals surface area contributed by atoms with Gasteiger partial charge in [-0.15, -0.1) is 24.8 Å². The van der Waals surface area contributed by atoms with Crippen LogP contribution in [0.3, 0.4) is 0 Å². The van der Waals surface area contributed by atoms with E-state index in [1.807, 2.05) is 12.3 Å². The van der Waals surface area contributed by atoms with Crippen molar-refractivity contribution in [2.75, 3.05) is 0 Å². The number of aromatic nitrogens is 1. The number of pyridine rings is 1. The van der Waals surface area contributed by atoms with Crippen molar-refractivity contribution in [3.63, 3.8) is 0 Å². The van der Waals surface area contributed by atoms with E-state index in [9.17, 15) is 0 Å². The molecule has 0 saturated heterocycles. The molecule has 1 aliphatic rings. The van der Waals surface area contributed by atoms with Crippen molar-refractivity contribution in [1.29, 1.82) is 0 Å². The van der Waals surface area contributed by atoms with Crippen LogP contribution in [0.25, 0.3) is 0 Å². The molecule has 1 atom stereocenters. The summed E-state index contributed by atoms with van der Waals surface area (Å²) in [6, 6.07) is 6.20. The number of hydrogen-bond donors (Lipinski definition) is 0. The molecule has 2 rings (SSSR count). The summed E-state index contributed by atoms with van der Waals surface area (Å²) in [6.07, 6.45) is 7.88. The Bertz CT molecular complexity index is 486. The molecule has 20 heavy (non-hydrogen) atoms. The van der Waals surface area contributed by atoms with Crippen molar-refractivity contribution in [2.24, 2.45) is 0 Å². The van der Waals surface area contributed by atoms with E-state index >= 15 is 0 Å². The summed E-state index contributed by atoms with van der Waals surface area (Å²) in [7, 11) is 0. The van der Waals surface area contributed by atoms with Gasteiger partial charge in [-0.1, -0.05) is 0 Å². The molecule has 1 aliphatic carbocycles. The molecule has 1 aromatic heterocycles. The van der Waals surface area contributed by atoms with Gasteiger partial charge in [-0.05, 0) is 0 Å². The molecular weight excluding hydrogens is 413 g/mol. The van der Waals surface area contributed by atoms with E-state index in [0.29, 0.717) is 20.0 Å². The van der Waals surface area contributed by atoms with Gasteiger partial charge in [0, 0.05) is 0 Å². The first-order chi connectivity index (χ1) is 8.47. The van der Waals surface area contributed by atoms with Crippen LogP contribution in [0.15, 0.2) is 46.2 Å². The van der Waals surface area contributed by atoms with E-state index in [1.165, 1.54) is 5.69 Å². The first kappa shape index (κ1) is 20.4. The molecule has 0 saturated carbocycles. The Morgan fingerprint density at radius 1 is 1.30 bits per heavy atom. The summed E-state index contributed by atoms with van der Waals surface area (Å²) in [4.78, 5) is 4.46. The summed E-state index contributed by atoms with van der Waals surface area (Å²) in [5.41, 5.74) is 1.22. The molecule has 1 unspecified atom stereocenters. The van der Waals surface area contributed by atoms with E-state index in [-0.39, 0.29) is 24.8 Å². The van der Waals surface area contributed by atoms with Crippen LogP contribution in [0.4, 0.5) is 0 Å². The molecule has 112 valence electrons. The Hall–Kier alpha value is 0.439. The number of rotatable bonds is 4. The maximum atomic E-state index is 4.46. The second-order valence-electron chi connectivity index (χ2n) is 4.96. The third-order valence-corrected chi connectivity index (χ3v) is 7.90. The average Bonchev–Trinajstić information content (AvgIpc) is 2.78. The van der Waals surface area contributed by atoms with Crippen molar-refractivity contribution in [1.82, 2.24) is 4.98 Å². The van der Waals surface area contributed by atoms with Crippen LogP contribution in [-0.2, 0) is 15.2 Å². The number of allylic oxidation sites excluding steroid dienone is 4. The monoisotopic (exact) mass is 431 g/mol. The van der Waals surface area contributed by atoms with Gasteiger partial charge in [0.1, 0.15) is 0 Å². The van der Waals surface area contributed by atoms with E-state index in [2.05, 4.69) is 64.6 Å². The zero-order valence-corrected chi connectivity index (χ0v) is 17.3. The van der Waals surface area contributed by atoms with Gasteiger partial charge >= 0.3 is 125 Å². The van der Waals surface area contributed by atoms with Gasteiger partial charge in [0.25, 0.3) is 0 Å². The van der Waals surface area contributed by atoms with Gasteiger partial charge in [0.2, 0.25) is 0 Å². The van der Waals surface area contributed by atoms with E-state index in [4.69, 9.17) is 0 Å². The maximum absolute atomic E-state index is 4.46. The zero-order valence-electron chi connectivity index (χ0n) is 11.8. The second-order valence-corrected chi connectivity index (χ2v) is 16.7. The standard InChI is InChI=1S/C7H10BrSi.C7H8N.2ClH.Cr/c1-9(2,8)7-5-3-4-6-7;1-2-7-5-3-4-6-8-7;;;/h5-6H,3H2,1-2H3;2-6H,1H3;2*1H;. The van der Waals surface area contributed by atoms with Crippen LogP contribution in [-0.4, -0.2) is 11.7 Å². The fraction of sp³-hybridized carbons (Fsp3) is 0.357. The smallest absolute Gasteiger partial charge is 0.147 e. The Morgan fingerprint density at radius 2 is 2.00 bits per heavy atom. The van der Waals surface area contributed by atoms with Gasteiger partial charge in [0.05, 0.1) is 0 Å². The predicted octanol–water partition coefficient (Wildman–Crippen LogP) is 5.42. The molecule has 0 fully saturated rings. The van der Waals surface area contributed by atoms with Crippen LogP contribution < -0.4 is 0 Å². The first-order valence-corrected chi connectivity index (χ1v) is 12.8. The normalized spacial score (nSPS) is 15.6. The molecule has 0 aromatic carbocycles. The third kappa shape index (κ3) is 5.67. The summed E-state index contributed by atoms with van der Waals surface area (Å²) >= 11 is 4.38. The van der Waals surface area contributed by atoms with Crippen molar-refractivity contribution >= 4 is 46.8 Å². The Balaban J connectivity index is 0.00000180. The fourth-order valence-electron chi connectivity index (χ4n) is 1.90. The Labute approximate surface area is 149 Å². The topological polar surface area (TPSA) is 12.9 Å². The van der Waals surface area contributed by atoms with Crippen LogP contribution in [0.2, 0.25) is 13.1 Å². The number of hydrogen-bond acceptors (Lipinski definition) is 1. The Morgan fingerprint density at radius 3 is 2.50 bits per heavy atom. The van der Waals surface area contributed by atoms with Gasteiger partial charge in [0.15, 0.2) is 0 Å². The third-order valence-electron chi connectivity index (χ3n) is 2.96. The molecule has 0 bridgehead atoms. The Kier molecular flexibility index (Phi) is 8.97. The van der Waals surface area contributed by atoms with E-state index < -0.39 is 6.69 Å². The molecular formula is C14H20BrCl2CrNSi. The molecule has 6 heteroatoms. The van der Waals surface area contributed by atoms with Crippen LogP contribution in [0.5, 0.6) is 0 Å². The largest absolute Gasteiger partial charge is 0.147 e. The number of nitrogens with zero attached hydrogens (tertiary/aromatic N) is 1. The predicted molar refractivity (Wildman–Crippen MR) is 94.3 cm³/mol. The van der Waals surface area contributed by atoms with Gasteiger partial charge in [-0.25, -0.2) is 0 Å². The average molecular weight is 433 g/mol. The SMILES string of the molecule is C[CH]([Cr][C]1=CC([Si](C)(C)Br)=CC1)c1ccccn1.Cl.Cl. The first-order valence-electron chi connectivity index (χ1n) is 6.14. The molecule has 0 N–H and O–H groups in total. The molecule has 1 aromatic rings. The zero-order chi connectivity index (χ0) is 13.2. The molecule has 1 heterocycles. The van der Waals surface area contributed by atoms with Crippen molar-refractivity contribution in [3.8, 4) is 0 Å². The van der Waals surface area contributed by atoms with E-state index in [1.54, 1.807) is 9.63 Å². The van der Waals surface area contributed by atoms with Crippen molar-refractivity contribution in [2.45, 2.75) is 31.2 Å². The summed E-state index contributed by atoms with van der Waals surface area (Å²) in [5.74, 6) is 0. The van der Waals surface area contributed by atoms with Crippen molar-refractivity contribution in [3.05, 3.63) is 51.9 Å². The van der Waals surface area contributed by atoms with Crippen molar-refractivity contribution < 1.29 is 15.2 Å². The van der Waals surface area contributed by atoms with Crippen LogP contribution >= 0.6 is 40.1 Å². The summed E-state index contributed by atoms with van der Waals surface area (Å²) in [5, 5.41) is 1.55. The maximum Gasteiger partial charge on any atom is -0.147 e. The molecule has 0 radical (unpaired) electrons. The van der Waals surface area contributed by atoms with Gasteiger partial charge < -0.3 is 0 Å². The van der Waals surface area contributed by atoms with E-state index in [0.717, 1.165) is 6.42 Å². The summed E-state index contributed by atoms with van der Waals surface area (Å²) < 4.78 is 2.17. The minimum Gasteiger partial charge on any atom is -0.147 e. The molecule has 1 nitrogen and oxygen atoms in total. The fourth-order valence-corrected chi connectivity index (χ4v) is 5.71. The van der Waals surface area contributed by atoms with Gasteiger partial charge in [-0.3, -0.25) is 0 Å².